The van der Waals surface area contributed by atoms with Crippen LogP contribution in [0.4, 0.5) is 5.69 Å². The van der Waals surface area contributed by atoms with Gasteiger partial charge in [0.05, 0.1) is 18.8 Å². The summed E-state index contributed by atoms with van der Waals surface area (Å²) in [7, 11) is 0. The molecule has 8 heteroatoms. The smallest absolute Gasteiger partial charge is 0.224 e. The molecule has 1 saturated heterocycles. The minimum absolute atomic E-state index is 0.0106. The topological polar surface area (TPSA) is 100 Å². The lowest BCUT2D eigenvalue weighted by molar-refractivity contribution is -0.276. The van der Waals surface area contributed by atoms with Gasteiger partial charge in [0.25, 0.3) is 0 Å². The Labute approximate surface area is 309 Å². The van der Waals surface area contributed by atoms with Crippen molar-refractivity contribution in [1.29, 1.82) is 0 Å². The second kappa shape index (κ2) is 25.2. The zero-order valence-electron chi connectivity index (χ0n) is 32.3. The predicted octanol–water partition coefficient (Wildman–Crippen LogP) is 9.63. The van der Waals surface area contributed by atoms with Crippen LogP contribution in [-0.4, -0.2) is 54.1 Å². The molecule has 3 N–H and O–H groups in total. The first-order valence-electron chi connectivity index (χ1n) is 20.2. The van der Waals surface area contributed by atoms with Gasteiger partial charge in [-0.15, -0.1) is 0 Å². The van der Waals surface area contributed by atoms with Crippen molar-refractivity contribution in [2.75, 3.05) is 31.5 Å². The molecular weight excluding hydrogens is 638 g/mol. The van der Waals surface area contributed by atoms with E-state index in [4.69, 9.17) is 9.47 Å². The number of hydrogen-bond donors (Lipinski definition) is 3. The Kier molecular flexibility index (Phi) is 21.1. The van der Waals surface area contributed by atoms with Gasteiger partial charge in [0, 0.05) is 43.6 Å². The molecule has 8 nitrogen and oxygen atoms in total. The van der Waals surface area contributed by atoms with E-state index >= 15 is 0 Å². The lowest BCUT2D eigenvalue weighted by atomic mass is 9.90. The number of anilines is 1. The molecule has 2 aromatic carbocycles. The van der Waals surface area contributed by atoms with Gasteiger partial charge in [0.2, 0.25) is 11.8 Å². The molecule has 1 aliphatic rings. The molecule has 51 heavy (non-hydrogen) atoms. The molecule has 0 unspecified atom stereocenters. The summed E-state index contributed by atoms with van der Waals surface area (Å²) in [6.07, 6.45) is 17.8. The molecule has 1 aliphatic heterocycles. The highest BCUT2D eigenvalue weighted by Gasteiger charge is 2.39. The molecule has 1 heterocycles. The third-order valence-corrected chi connectivity index (χ3v) is 10.1. The second-order valence-corrected chi connectivity index (χ2v) is 14.6. The number of nitrogens with zero attached hydrogens (tertiary/aromatic N) is 1. The Morgan fingerprint density at radius 3 is 1.88 bits per heavy atom. The first-order chi connectivity index (χ1) is 24.8. The van der Waals surface area contributed by atoms with E-state index in [9.17, 15) is 14.7 Å². The van der Waals surface area contributed by atoms with E-state index in [2.05, 4.69) is 48.4 Å². The predicted molar refractivity (Wildman–Crippen MR) is 208 cm³/mol. The van der Waals surface area contributed by atoms with Crippen LogP contribution >= 0.6 is 0 Å². The Bertz CT molecular complexity index is 1210. The fourth-order valence-corrected chi connectivity index (χ4v) is 6.91. The number of aliphatic hydroxyl groups is 1. The van der Waals surface area contributed by atoms with E-state index < -0.39 is 6.29 Å². The van der Waals surface area contributed by atoms with Gasteiger partial charge < -0.3 is 30.1 Å². The number of rotatable bonds is 26. The van der Waals surface area contributed by atoms with Crippen LogP contribution in [0.5, 0.6) is 0 Å². The number of unbranched alkanes of at least 4 members (excludes halogenated alkanes) is 12. The molecule has 0 saturated carbocycles. The average Bonchev–Trinajstić information content (AvgIpc) is 3.13. The molecule has 3 rings (SSSR count). The highest BCUT2D eigenvalue weighted by Crippen LogP contribution is 2.42. The lowest BCUT2D eigenvalue weighted by Crippen LogP contribution is -2.45. The van der Waals surface area contributed by atoms with Crippen molar-refractivity contribution < 1.29 is 24.2 Å². The monoisotopic (exact) mass is 708 g/mol. The van der Waals surface area contributed by atoms with Crippen molar-refractivity contribution in [3.8, 4) is 0 Å². The summed E-state index contributed by atoms with van der Waals surface area (Å²) in [4.78, 5) is 26.3. The third-order valence-electron chi connectivity index (χ3n) is 10.1. The minimum Gasteiger partial charge on any atom is -0.392 e. The molecule has 0 bridgehead atoms. The quantitative estimate of drug-likeness (QED) is 0.0843. The fraction of sp³-hybridized carbons (Fsp3) is 0.674. The van der Waals surface area contributed by atoms with Crippen LogP contribution in [0.15, 0.2) is 48.5 Å². The van der Waals surface area contributed by atoms with Crippen LogP contribution in [0.2, 0.25) is 0 Å². The van der Waals surface area contributed by atoms with E-state index in [0.717, 1.165) is 61.3 Å². The molecule has 0 radical (unpaired) electrons. The van der Waals surface area contributed by atoms with Crippen molar-refractivity contribution in [2.45, 2.75) is 156 Å². The largest absolute Gasteiger partial charge is 0.392 e. The highest BCUT2D eigenvalue weighted by molar-refractivity contribution is 5.90. The summed E-state index contributed by atoms with van der Waals surface area (Å²) in [5, 5.41) is 15.5. The summed E-state index contributed by atoms with van der Waals surface area (Å²) in [6.45, 7) is 12.0. The first-order valence-corrected chi connectivity index (χ1v) is 20.2. The zero-order valence-corrected chi connectivity index (χ0v) is 32.3. The summed E-state index contributed by atoms with van der Waals surface area (Å²) in [5.41, 5.74) is 3.66. The van der Waals surface area contributed by atoms with Crippen molar-refractivity contribution in [2.24, 2.45) is 5.92 Å². The van der Waals surface area contributed by atoms with Gasteiger partial charge in [0.15, 0.2) is 6.29 Å². The van der Waals surface area contributed by atoms with Crippen LogP contribution in [0, 0.1) is 5.92 Å². The fourth-order valence-electron chi connectivity index (χ4n) is 6.91. The average molecular weight is 708 g/mol. The van der Waals surface area contributed by atoms with Gasteiger partial charge in [-0.1, -0.05) is 128 Å². The van der Waals surface area contributed by atoms with Crippen LogP contribution in [0.3, 0.4) is 0 Å². The number of nitrogens with one attached hydrogen (secondary N) is 2. The van der Waals surface area contributed by atoms with Gasteiger partial charge in [-0.25, -0.2) is 0 Å². The third kappa shape index (κ3) is 16.6. The van der Waals surface area contributed by atoms with Crippen LogP contribution in [0.25, 0.3) is 0 Å². The standard InChI is InChI=1S/C43H69N3O5/c1-5-7-9-11-13-18-30-46(31-19-14-12-10-8-6-2)32-40-34(3)42(37-23-21-36(33-47)22-24-37)51-43(50-40)38-25-27-39(28-26-38)45-41(49)20-16-15-17-29-44-35(4)48/h21-28,34,40,42-43,47H,5-20,29-33H2,1-4H3,(H,44,48)(H,45,49)/t34-,40+,42+,43+/m0/s1. The Morgan fingerprint density at radius 1 is 0.725 bits per heavy atom. The zero-order chi connectivity index (χ0) is 36.7. The Hall–Kier alpha value is -2.78. The first kappa shape index (κ1) is 42.6. The molecular formula is C43H69N3O5. The van der Waals surface area contributed by atoms with E-state index in [-0.39, 0.29) is 36.5 Å². The maximum Gasteiger partial charge on any atom is 0.224 e. The van der Waals surface area contributed by atoms with Gasteiger partial charge >= 0.3 is 0 Å². The maximum atomic E-state index is 12.6. The summed E-state index contributed by atoms with van der Waals surface area (Å²) < 4.78 is 13.6. The maximum absolute atomic E-state index is 12.6. The van der Waals surface area contributed by atoms with Gasteiger partial charge in [-0.3, -0.25) is 9.59 Å². The minimum atomic E-state index is -0.535. The molecule has 0 aliphatic carbocycles. The summed E-state index contributed by atoms with van der Waals surface area (Å²) in [6, 6.07) is 16.0. The second-order valence-electron chi connectivity index (χ2n) is 14.6. The SMILES string of the molecule is CCCCCCCCN(CCCCCCCC)C[C@H]1O[C@@H](c2ccc(NC(=O)CCCCCNC(C)=O)cc2)O[C@@H](c2ccc(CO)cc2)[C@H]1C. The van der Waals surface area contributed by atoms with E-state index in [1.807, 2.05) is 36.4 Å². The van der Waals surface area contributed by atoms with Gasteiger partial charge in [-0.2, -0.15) is 0 Å². The normalized spacial score (nSPS) is 18.9. The highest BCUT2D eigenvalue weighted by atomic mass is 16.7. The van der Waals surface area contributed by atoms with E-state index in [1.54, 1.807) is 0 Å². The van der Waals surface area contributed by atoms with Crippen LogP contribution in [-0.2, 0) is 25.7 Å². The molecule has 0 spiro atoms. The number of benzene rings is 2. The lowest BCUT2D eigenvalue weighted by Gasteiger charge is -2.43. The number of hydrogen-bond acceptors (Lipinski definition) is 6. The number of amides is 2. The molecule has 1 fully saturated rings. The molecule has 2 aromatic rings. The number of ether oxygens (including phenoxy) is 2. The molecule has 286 valence electrons. The van der Waals surface area contributed by atoms with E-state index in [0.29, 0.717) is 13.0 Å². The number of carbonyl (C=O) groups is 2. The molecule has 0 aromatic heterocycles. The van der Waals surface area contributed by atoms with Gasteiger partial charge in [0.1, 0.15) is 0 Å². The van der Waals surface area contributed by atoms with Crippen molar-refractivity contribution in [3.63, 3.8) is 0 Å². The van der Waals surface area contributed by atoms with Crippen molar-refractivity contribution >= 4 is 17.5 Å². The number of carbonyl (C=O) groups excluding carboxylic acids is 2. The summed E-state index contributed by atoms with van der Waals surface area (Å²) in [5.74, 6) is 0.102. The Balaban J connectivity index is 1.69. The van der Waals surface area contributed by atoms with Gasteiger partial charge in [-0.05, 0) is 62.0 Å². The van der Waals surface area contributed by atoms with Crippen molar-refractivity contribution in [3.05, 3.63) is 65.2 Å². The van der Waals surface area contributed by atoms with Crippen LogP contribution in [0.1, 0.15) is 160 Å². The van der Waals surface area contributed by atoms with Crippen LogP contribution < -0.4 is 10.6 Å². The Morgan fingerprint density at radius 2 is 1.29 bits per heavy atom. The number of aliphatic hydroxyl groups excluding tert-OH is 1. The van der Waals surface area contributed by atoms with Crippen molar-refractivity contribution in [1.82, 2.24) is 10.2 Å². The molecule has 2 amide bonds. The molecule has 4 atom stereocenters. The van der Waals surface area contributed by atoms with E-state index in [1.165, 1.54) is 84.0 Å². The summed E-state index contributed by atoms with van der Waals surface area (Å²) >= 11 is 0.